The summed E-state index contributed by atoms with van der Waals surface area (Å²) in [4.78, 5) is 18.5. The number of fused-ring (bicyclic) bond motifs is 1. The molecular weight excluding hydrogens is 232 g/mol. The summed E-state index contributed by atoms with van der Waals surface area (Å²) in [6, 6.07) is 1.29. The first-order valence-corrected chi connectivity index (χ1v) is 4.86. The summed E-state index contributed by atoms with van der Waals surface area (Å²) in [6.07, 6.45) is 0.291. The lowest BCUT2D eigenvalue weighted by Gasteiger charge is -1.97. The summed E-state index contributed by atoms with van der Waals surface area (Å²) in [7, 11) is 0. The minimum absolute atomic E-state index is 0.0788. The quantitative estimate of drug-likeness (QED) is 0.500. The summed E-state index contributed by atoms with van der Waals surface area (Å²) in [6.45, 7) is -0.0788. The van der Waals surface area contributed by atoms with E-state index in [1.165, 1.54) is 10.6 Å². The zero-order chi connectivity index (χ0) is 11.7. The molecule has 0 saturated carbocycles. The van der Waals surface area contributed by atoms with Gasteiger partial charge in [-0.25, -0.2) is 9.78 Å². The summed E-state index contributed by atoms with van der Waals surface area (Å²) in [5, 5.41) is 21.9. The van der Waals surface area contributed by atoms with Gasteiger partial charge in [0.2, 0.25) is 0 Å². The number of nitrogens with zero attached hydrogens (tertiary/aromatic N) is 4. The van der Waals surface area contributed by atoms with Gasteiger partial charge in [0.05, 0.1) is 6.61 Å². The number of hydrogen-bond donors (Lipinski definition) is 3. The van der Waals surface area contributed by atoms with Gasteiger partial charge < -0.3 is 10.2 Å². The van der Waals surface area contributed by atoms with Crippen molar-refractivity contribution in [1.82, 2.24) is 19.6 Å². The molecule has 2 N–H and O–H groups in total. The molecule has 84 valence electrons. The number of carbonyl (C=O) groups is 1. The van der Waals surface area contributed by atoms with Crippen LogP contribution in [-0.4, -0.2) is 42.4 Å². The number of carboxylic acid groups (broad SMARTS) is 1. The highest BCUT2D eigenvalue weighted by Crippen LogP contribution is 2.10. The fourth-order valence-electron chi connectivity index (χ4n) is 1.21. The summed E-state index contributed by atoms with van der Waals surface area (Å²) in [5.41, 5.74) is -0.138. The van der Waals surface area contributed by atoms with Crippen LogP contribution in [0.2, 0.25) is 0 Å². The monoisotopic (exact) mass is 240 g/mol. The maximum atomic E-state index is 10.7. The Bertz CT molecular complexity index is 553. The Morgan fingerprint density at radius 1 is 1.50 bits per heavy atom. The molecule has 0 aliphatic carbocycles. The van der Waals surface area contributed by atoms with E-state index in [1.54, 1.807) is 0 Å². The van der Waals surface area contributed by atoms with Gasteiger partial charge in [-0.3, -0.25) is 0 Å². The van der Waals surface area contributed by atoms with E-state index in [4.69, 9.17) is 10.2 Å². The lowest BCUT2D eigenvalue weighted by atomic mass is 10.4. The lowest BCUT2D eigenvalue weighted by Crippen LogP contribution is -2.04. The van der Waals surface area contributed by atoms with Gasteiger partial charge in [-0.15, -0.1) is 17.7 Å². The number of hydrogen-bond acceptors (Lipinski definition) is 6. The van der Waals surface area contributed by atoms with Crippen LogP contribution in [0.4, 0.5) is 0 Å². The third-order valence-corrected chi connectivity index (χ3v) is 2.21. The van der Waals surface area contributed by atoms with Crippen molar-refractivity contribution < 1.29 is 15.0 Å². The highest BCUT2D eigenvalue weighted by Gasteiger charge is 2.12. The first-order valence-electron chi connectivity index (χ1n) is 4.41. The van der Waals surface area contributed by atoms with Crippen LogP contribution in [0.1, 0.15) is 16.3 Å². The predicted octanol–water partition coefficient (Wildman–Crippen LogP) is -0.354. The topological polar surface area (TPSA) is 101 Å². The first-order chi connectivity index (χ1) is 7.61. The molecule has 2 aromatic heterocycles. The number of aromatic carboxylic acids is 1. The van der Waals surface area contributed by atoms with Crippen LogP contribution in [0.5, 0.6) is 0 Å². The molecule has 0 aliphatic heterocycles. The Labute approximate surface area is 95.2 Å². The minimum atomic E-state index is -1.15. The van der Waals surface area contributed by atoms with Gasteiger partial charge in [-0.2, -0.15) is 9.50 Å². The average Bonchev–Trinajstić information content (AvgIpc) is 2.61. The van der Waals surface area contributed by atoms with Crippen molar-refractivity contribution in [2.45, 2.75) is 11.4 Å². The summed E-state index contributed by atoms with van der Waals surface area (Å²) < 4.78 is 1.32. The molecule has 2 rings (SSSR count). The molecule has 8 heteroatoms. The van der Waals surface area contributed by atoms with E-state index < -0.39 is 5.97 Å². The van der Waals surface area contributed by atoms with Crippen LogP contribution in [0.3, 0.4) is 0 Å². The van der Waals surface area contributed by atoms with E-state index in [-0.39, 0.29) is 18.1 Å². The van der Waals surface area contributed by atoms with Crippen molar-refractivity contribution >= 4 is 24.4 Å². The first kappa shape index (κ1) is 10.8. The standard InChI is InChI=1S/C8H8N4O3S/c13-2-1-5-10-8-9-4(7(14)15)3-6(16)12(8)11-5/h3,13,16H,1-2H2,(H,14,15). The lowest BCUT2D eigenvalue weighted by molar-refractivity contribution is 0.0690. The molecule has 2 heterocycles. The number of carboxylic acids is 1. The van der Waals surface area contributed by atoms with Gasteiger partial charge >= 0.3 is 5.97 Å². The second kappa shape index (κ2) is 4.06. The number of aliphatic hydroxyl groups excluding tert-OH is 1. The minimum Gasteiger partial charge on any atom is -0.477 e. The molecule has 0 aromatic carbocycles. The SMILES string of the molecule is O=C(O)c1cc(S)n2nc(CCO)nc2n1. The fourth-order valence-corrected chi connectivity index (χ4v) is 1.47. The third-order valence-electron chi connectivity index (χ3n) is 1.89. The average molecular weight is 240 g/mol. The van der Waals surface area contributed by atoms with Gasteiger partial charge in [-0.05, 0) is 0 Å². The molecule has 0 radical (unpaired) electrons. The Balaban J connectivity index is 2.58. The summed E-state index contributed by atoms with van der Waals surface area (Å²) >= 11 is 4.09. The highest BCUT2D eigenvalue weighted by molar-refractivity contribution is 7.80. The molecule has 2 aromatic rings. The van der Waals surface area contributed by atoms with Gasteiger partial charge in [-0.1, -0.05) is 0 Å². The van der Waals surface area contributed by atoms with Crippen LogP contribution < -0.4 is 0 Å². The second-order valence-corrected chi connectivity index (χ2v) is 3.48. The van der Waals surface area contributed by atoms with Crippen LogP contribution in [0, 0.1) is 0 Å². The van der Waals surface area contributed by atoms with Crippen molar-refractivity contribution in [2.24, 2.45) is 0 Å². The molecular formula is C8H8N4O3S. The smallest absolute Gasteiger partial charge is 0.354 e. The largest absolute Gasteiger partial charge is 0.477 e. The number of rotatable bonds is 3. The van der Waals surface area contributed by atoms with Crippen LogP contribution in [0.15, 0.2) is 11.1 Å². The molecule has 0 saturated heterocycles. The number of thiol groups is 1. The molecule has 0 bridgehead atoms. The third kappa shape index (κ3) is 1.84. The molecule has 0 spiro atoms. The van der Waals surface area contributed by atoms with E-state index >= 15 is 0 Å². The molecule has 0 atom stereocenters. The Morgan fingerprint density at radius 3 is 2.88 bits per heavy atom. The fraction of sp³-hybridized carbons (Fsp3) is 0.250. The maximum absolute atomic E-state index is 10.7. The van der Waals surface area contributed by atoms with Crippen molar-refractivity contribution in [2.75, 3.05) is 6.61 Å². The van der Waals surface area contributed by atoms with Crippen LogP contribution in [0.25, 0.3) is 5.78 Å². The van der Waals surface area contributed by atoms with Gasteiger partial charge in [0, 0.05) is 12.5 Å². The molecule has 0 unspecified atom stereocenters. The molecule has 0 aliphatic rings. The van der Waals surface area contributed by atoms with E-state index in [9.17, 15) is 4.79 Å². The van der Waals surface area contributed by atoms with Crippen molar-refractivity contribution in [1.29, 1.82) is 0 Å². The zero-order valence-corrected chi connectivity index (χ0v) is 8.92. The normalized spacial score (nSPS) is 10.9. The Morgan fingerprint density at radius 2 is 2.25 bits per heavy atom. The Hall–Kier alpha value is -1.67. The molecule has 0 amide bonds. The van der Waals surface area contributed by atoms with Crippen molar-refractivity contribution in [3.63, 3.8) is 0 Å². The zero-order valence-electron chi connectivity index (χ0n) is 8.03. The van der Waals surface area contributed by atoms with Crippen LogP contribution >= 0.6 is 12.6 Å². The molecule has 16 heavy (non-hydrogen) atoms. The predicted molar refractivity (Wildman–Crippen MR) is 55.8 cm³/mol. The Kier molecular flexibility index (Phi) is 2.75. The van der Waals surface area contributed by atoms with Crippen LogP contribution in [-0.2, 0) is 6.42 Å². The van der Waals surface area contributed by atoms with Gasteiger partial charge in [0.25, 0.3) is 5.78 Å². The summed E-state index contributed by atoms with van der Waals surface area (Å²) in [5.74, 6) is -0.592. The van der Waals surface area contributed by atoms with E-state index in [0.717, 1.165) is 0 Å². The van der Waals surface area contributed by atoms with E-state index in [0.29, 0.717) is 17.3 Å². The highest BCUT2D eigenvalue weighted by atomic mass is 32.1. The number of aromatic nitrogens is 4. The number of aliphatic hydroxyl groups is 1. The van der Waals surface area contributed by atoms with Gasteiger partial charge in [0.1, 0.15) is 5.03 Å². The second-order valence-electron chi connectivity index (χ2n) is 3.02. The van der Waals surface area contributed by atoms with E-state index in [2.05, 4.69) is 27.7 Å². The van der Waals surface area contributed by atoms with Crippen molar-refractivity contribution in [3.8, 4) is 0 Å². The van der Waals surface area contributed by atoms with Gasteiger partial charge in [0.15, 0.2) is 11.5 Å². The molecule has 0 fully saturated rings. The maximum Gasteiger partial charge on any atom is 0.354 e. The molecule has 7 nitrogen and oxygen atoms in total. The van der Waals surface area contributed by atoms with Crippen molar-refractivity contribution in [3.05, 3.63) is 17.6 Å². The van der Waals surface area contributed by atoms with E-state index in [1.807, 2.05) is 0 Å².